The van der Waals surface area contributed by atoms with Gasteiger partial charge in [0.25, 0.3) is 0 Å². The minimum atomic E-state index is 0.547. The Labute approximate surface area is 99.2 Å². The van der Waals surface area contributed by atoms with Crippen molar-refractivity contribution in [3.8, 4) is 0 Å². The Morgan fingerprint density at radius 1 is 1.31 bits per heavy atom. The zero-order valence-corrected chi connectivity index (χ0v) is 10.9. The molecule has 0 radical (unpaired) electrons. The lowest BCUT2D eigenvalue weighted by atomic mass is 10.1. The zero-order valence-electron chi connectivity index (χ0n) is 10.9. The zero-order chi connectivity index (χ0) is 11.8. The van der Waals surface area contributed by atoms with Crippen molar-refractivity contribution in [1.29, 1.82) is 0 Å². The normalized spacial score (nSPS) is 12.7. The summed E-state index contributed by atoms with van der Waals surface area (Å²) < 4.78 is 2.00. The van der Waals surface area contributed by atoms with Gasteiger partial charge in [0.15, 0.2) is 0 Å². The Morgan fingerprint density at radius 2 is 2.12 bits per heavy atom. The van der Waals surface area contributed by atoms with Gasteiger partial charge in [-0.25, -0.2) is 0 Å². The molecule has 3 nitrogen and oxygen atoms in total. The lowest BCUT2D eigenvalue weighted by Crippen LogP contribution is -2.14. The molecule has 0 bridgehead atoms. The van der Waals surface area contributed by atoms with Gasteiger partial charge in [-0.1, -0.05) is 33.1 Å². The Morgan fingerprint density at radius 3 is 2.81 bits per heavy atom. The summed E-state index contributed by atoms with van der Waals surface area (Å²) in [5.41, 5.74) is 1.15. The van der Waals surface area contributed by atoms with Crippen LogP contribution in [0.15, 0.2) is 12.4 Å². The molecule has 1 atom stereocenters. The van der Waals surface area contributed by atoms with Crippen molar-refractivity contribution in [2.75, 3.05) is 5.32 Å². The molecule has 0 saturated carbocycles. The maximum atomic E-state index is 4.31. The summed E-state index contributed by atoms with van der Waals surface area (Å²) in [5.74, 6) is 0. The van der Waals surface area contributed by atoms with Gasteiger partial charge in [0, 0.05) is 18.8 Å². The first-order valence-electron chi connectivity index (χ1n) is 6.55. The van der Waals surface area contributed by atoms with Gasteiger partial charge in [-0.2, -0.15) is 5.10 Å². The van der Waals surface area contributed by atoms with E-state index >= 15 is 0 Å². The number of hydrogen-bond acceptors (Lipinski definition) is 2. The fourth-order valence-electron chi connectivity index (χ4n) is 1.85. The van der Waals surface area contributed by atoms with Gasteiger partial charge in [0.2, 0.25) is 0 Å². The summed E-state index contributed by atoms with van der Waals surface area (Å²) in [5, 5.41) is 7.81. The average molecular weight is 223 g/mol. The summed E-state index contributed by atoms with van der Waals surface area (Å²) in [6.07, 6.45) is 10.3. The highest BCUT2D eigenvalue weighted by Gasteiger charge is 2.03. The van der Waals surface area contributed by atoms with Crippen LogP contribution in [0.2, 0.25) is 0 Å². The fraction of sp³-hybridized carbons (Fsp3) is 0.769. The Balaban J connectivity index is 2.28. The second-order valence-corrected chi connectivity index (χ2v) is 4.53. The highest BCUT2D eigenvalue weighted by Crippen LogP contribution is 2.11. The maximum absolute atomic E-state index is 4.31. The molecule has 92 valence electrons. The van der Waals surface area contributed by atoms with Crippen LogP contribution in [0.5, 0.6) is 0 Å². The highest BCUT2D eigenvalue weighted by molar-refractivity contribution is 5.38. The van der Waals surface area contributed by atoms with E-state index in [1.807, 2.05) is 10.9 Å². The van der Waals surface area contributed by atoms with E-state index in [4.69, 9.17) is 0 Å². The number of rotatable bonds is 8. The fourth-order valence-corrected chi connectivity index (χ4v) is 1.85. The maximum Gasteiger partial charge on any atom is 0.0728 e. The topological polar surface area (TPSA) is 29.9 Å². The molecule has 1 rings (SSSR count). The molecular formula is C13H25N3. The van der Waals surface area contributed by atoms with Crippen molar-refractivity contribution in [3.05, 3.63) is 12.4 Å². The standard InChI is InChI=1S/C13H25N3/c1-4-6-7-8-12(3)15-13-10-14-16(11-13)9-5-2/h10-12,15H,4-9H2,1-3H3. The lowest BCUT2D eigenvalue weighted by Gasteiger charge is -2.12. The molecule has 0 aliphatic carbocycles. The van der Waals surface area contributed by atoms with E-state index in [1.54, 1.807) is 0 Å². The molecule has 0 spiro atoms. The van der Waals surface area contributed by atoms with Crippen molar-refractivity contribution in [1.82, 2.24) is 9.78 Å². The first kappa shape index (κ1) is 13.1. The molecule has 1 heterocycles. The molecule has 1 unspecified atom stereocenters. The SMILES string of the molecule is CCCCCC(C)Nc1cnn(CCC)c1. The third-order valence-corrected chi connectivity index (χ3v) is 2.74. The molecule has 16 heavy (non-hydrogen) atoms. The minimum absolute atomic E-state index is 0.547. The molecule has 0 aliphatic heterocycles. The quantitative estimate of drug-likeness (QED) is 0.681. The monoisotopic (exact) mass is 223 g/mol. The van der Waals surface area contributed by atoms with E-state index in [1.165, 1.54) is 25.7 Å². The van der Waals surface area contributed by atoms with Crippen LogP contribution in [0, 0.1) is 0 Å². The van der Waals surface area contributed by atoms with Crippen LogP contribution in [0.25, 0.3) is 0 Å². The van der Waals surface area contributed by atoms with Crippen LogP contribution in [-0.4, -0.2) is 15.8 Å². The largest absolute Gasteiger partial charge is 0.380 e. The Bertz CT molecular complexity index is 280. The number of aryl methyl sites for hydroxylation is 1. The number of nitrogens with zero attached hydrogens (tertiary/aromatic N) is 2. The van der Waals surface area contributed by atoms with Gasteiger partial charge in [-0.15, -0.1) is 0 Å². The van der Waals surface area contributed by atoms with Crippen LogP contribution in [0.3, 0.4) is 0 Å². The van der Waals surface area contributed by atoms with Crippen molar-refractivity contribution >= 4 is 5.69 Å². The molecule has 1 N–H and O–H groups in total. The van der Waals surface area contributed by atoms with Crippen molar-refractivity contribution in [2.45, 2.75) is 65.5 Å². The molecular weight excluding hydrogens is 198 g/mol. The van der Waals surface area contributed by atoms with E-state index in [0.29, 0.717) is 6.04 Å². The summed E-state index contributed by atoms with van der Waals surface area (Å²) >= 11 is 0. The van der Waals surface area contributed by atoms with Gasteiger partial charge < -0.3 is 5.32 Å². The van der Waals surface area contributed by atoms with Crippen LogP contribution in [0.4, 0.5) is 5.69 Å². The van der Waals surface area contributed by atoms with E-state index in [-0.39, 0.29) is 0 Å². The average Bonchev–Trinajstić information content (AvgIpc) is 2.66. The predicted octanol–water partition coefficient (Wildman–Crippen LogP) is 3.67. The van der Waals surface area contributed by atoms with Gasteiger partial charge in [-0.3, -0.25) is 4.68 Å². The van der Waals surface area contributed by atoms with Gasteiger partial charge in [0.1, 0.15) is 0 Å². The minimum Gasteiger partial charge on any atom is -0.380 e. The first-order valence-corrected chi connectivity index (χ1v) is 6.55. The molecule has 0 fully saturated rings. The van der Waals surface area contributed by atoms with Crippen LogP contribution in [0.1, 0.15) is 52.9 Å². The number of unbranched alkanes of at least 4 members (excludes halogenated alkanes) is 2. The van der Waals surface area contributed by atoms with Gasteiger partial charge in [-0.05, 0) is 19.8 Å². The molecule has 0 aromatic carbocycles. The second kappa shape index (κ2) is 7.31. The van der Waals surface area contributed by atoms with Crippen LogP contribution < -0.4 is 5.32 Å². The number of hydrogen-bond donors (Lipinski definition) is 1. The molecule has 0 saturated heterocycles. The Hall–Kier alpha value is -0.990. The summed E-state index contributed by atoms with van der Waals surface area (Å²) in [7, 11) is 0. The third kappa shape index (κ3) is 4.69. The first-order chi connectivity index (χ1) is 7.76. The second-order valence-electron chi connectivity index (χ2n) is 4.53. The van der Waals surface area contributed by atoms with E-state index in [9.17, 15) is 0 Å². The number of aromatic nitrogens is 2. The van der Waals surface area contributed by atoms with Gasteiger partial charge >= 0.3 is 0 Å². The smallest absolute Gasteiger partial charge is 0.0728 e. The van der Waals surface area contributed by atoms with E-state index in [2.05, 4.69) is 37.4 Å². The summed E-state index contributed by atoms with van der Waals surface area (Å²) in [6, 6.07) is 0.547. The van der Waals surface area contributed by atoms with Crippen LogP contribution >= 0.6 is 0 Å². The van der Waals surface area contributed by atoms with Crippen molar-refractivity contribution in [2.24, 2.45) is 0 Å². The molecule has 3 heteroatoms. The summed E-state index contributed by atoms with van der Waals surface area (Å²) in [6.45, 7) is 7.66. The third-order valence-electron chi connectivity index (χ3n) is 2.74. The molecule has 0 amide bonds. The van der Waals surface area contributed by atoms with Crippen molar-refractivity contribution in [3.63, 3.8) is 0 Å². The van der Waals surface area contributed by atoms with Gasteiger partial charge in [0.05, 0.1) is 11.9 Å². The predicted molar refractivity (Wildman–Crippen MR) is 69.7 cm³/mol. The highest BCUT2D eigenvalue weighted by atomic mass is 15.3. The number of anilines is 1. The number of nitrogens with one attached hydrogen (secondary N) is 1. The Kier molecular flexibility index (Phi) is 5.98. The van der Waals surface area contributed by atoms with E-state index < -0.39 is 0 Å². The molecule has 1 aromatic heterocycles. The van der Waals surface area contributed by atoms with Crippen LogP contribution in [-0.2, 0) is 6.54 Å². The molecule has 0 aliphatic rings. The van der Waals surface area contributed by atoms with E-state index in [0.717, 1.165) is 18.7 Å². The summed E-state index contributed by atoms with van der Waals surface area (Å²) in [4.78, 5) is 0. The van der Waals surface area contributed by atoms with Crippen molar-refractivity contribution < 1.29 is 0 Å². The molecule has 1 aromatic rings. The lowest BCUT2D eigenvalue weighted by molar-refractivity contribution is 0.601.